The Morgan fingerprint density at radius 2 is 2.53 bits per heavy atom. The SMILES string of the molecule is CC(NCc1ncn[nH]1)c1sccc1Br. The Morgan fingerprint density at radius 1 is 1.67 bits per heavy atom. The smallest absolute Gasteiger partial charge is 0.138 e. The molecule has 0 aromatic carbocycles. The zero-order valence-electron chi connectivity index (χ0n) is 8.20. The van der Waals surface area contributed by atoms with Crippen molar-refractivity contribution in [1.82, 2.24) is 20.5 Å². The van der Waals surface area contributed by atoms with Crippen LogP contribution < -0.4 is 5.32 Å². The number of aromatic nitrogens is 3. The van der Waals surface area contributed by atoms with Gasteiger partial charge in [-0.3, -0.25) is 5.10 Å². The van der Waals surface area contributed by atoms with Crippen molar-refractivity contribution in [1.29, 1.82) is 0 Å². The Morgan fingerprint density at radius 3 is 3.13 bits per heavy atom. The number of halogens is 1. The molecule has 0 fully saturated rings. The summed E-state index contributed by atoms with van der Waals surface area (Å²) >= 11 is 5.26. The summed E-state index contributed by atoms with van der Waals surface area (Å²) in [7, 11) is 0. The van der Waals surface area contributed by atoms with Gasteiger partial charge in [-0.1, -0.05) is 0 Å². The molecule has 1 atom stereocenters. The van der Waals surface area contributed by atoms with E-state index in [2.05, 4.69) is 54.8 Å². The van der Waals surface area contributed by atoms with Crippen LogP contribution in [-0.4, -0.2) is 15.2 Å². The van der Waals surface area contributed by atoms with E-state index in [1.165, 1.54) is 11.2 Å². The molecule has 0 spiro atoms. The summed E-state index contributed by atoms with van der Waals surface area (Å²) in [6.07, 6.45) is 1.52. The van der Waals surface area contributed by atoms with Crippen molar-refractivity contribution in [3.8, 4) is 0 Å². The summed E-state index contributed by atoms with van der Waals surface area (Å²) in [5.41, 5.74) is 0. The van der Waals surface area contributed by atoms with Crippen LogP contribution in [0.1, 0.15) is 23.7 Å². The first kappa shape index (κ1) is 10.8. The van der Waals surface area contributed by atoms with Gasteiger partial charge in [0.1, 0.15) is 12.2 Å². The van der Waals surface area contributed by atoms with Crippen LogP contribution in [0.4, 0.5) is 0 Å². The van der Waals surface area contributed by atoms with Crippen LogP contribution in [0.5, 0.6) is 0 Å². The van der Waals surface area contributed by atoms with E-state index >= 15 is 0 Å². The summed E-state index contributed by atoms with van der Waals surface area (Å²) in [6, 6.07) is 2.37. The first-order chi connectivity index (χ1) is 7.27. The number of rotatable bonds is 4. The van der Waals surface area contributed by atoms with Crippen LogP contribution in [0, 0.1) is 0 Å². The molecule has 0 aliphatic carbocycles. The summed E-state index contributed by atoms with van der Waals surface area (Å²) in [4.78, 5) is 5.35. The minimum atomic E-state index is 0.310. The predicted molar refractivity (Wildman–Crippen MR) is 63.7 cm³/mol. The van der Waals surface area contributed by atoms with Crippen LogP contribution in [0.3, 0.4) is 0 Å². The van der Waals surface area contributed by atoms with Gasteiger partial charge in [0.05, 0.1) is 6.54 Å². The fourth-order valence-corrected chi connectivity index (χ4v) is 3.02. The zero-order valence-corrected chi connectivity index (χ0v) is 10.6. The highest BCUT2D eigenvalue weighted by molar-refractivity contribution is 9.10. The van der Waals surface area contributed by atoms with Gasteiger partial charge in [-0.05, 0) is 34.3 Å². The highest BCUT2D eigenvalue weighted by atomic mass is 79.9. The number of thiophene rings is 1. The first-order valence-corrected chi connectivity index (χ1v) is 6.25. The van der Waals surface area contributed by atoms with Gasteiger partial charge in [-0.25, -0.2) is 4.98 Å². The monoisotopic (exact) mass is 286 g/mol. The molecule has 80 valence electrons. The van der Waals surface area contributed by atoms with E-state index in [-0.39, 0.29) is 0 Å². The topological polar surface area (TPSA) is 53.6 Å². The zero-order chi connectivity index (χ0) is 10.7. The summed E-state index contributed by atoms with van der Waals surface area (Å²) in [5, 5.41) is 12.1. The molecule has 2 rings (SSSR count). The lowest BCUT2D eigenvalue weighted by molar-refractivity contribution is 0.566. The minimum absolute atomic E-state index is 0.310. The van der Waals surface area contributed by atoms with Gasteiger partial charge >= 0.3 is 0 Å². The Kier molecular flexibility index (Phi) is 3.50. The molecule has 0 amide bonds. The minimum Gasteiger partial charge on any atom is -0.302 e. The number of H-pyrrole nitrogens is 1. The molecule has 2 aromatic rings. The summed E-state index contributed by atoms with van der Waals surface area (Å²) in [5.74, 6) is 0.856. The average molecular weight is 287 g/mol. The molecule has 1 unspecified atom stereocenters. The van der Waals surface area contributed by atoms with Crippen LogP contribution in [0.25, 0.3) is 0 Å². The normalized spacial score (nSPS) is 12.9. The molecule has 2 aromatic heterocycles. The third-order valence-corrected chi connectivity index (χ3v) is 4.13. The summed E-state index contributed by atoms with van der Waals surface area (Å²) < 4.78 is 1.16. The van der Waals surface area contributed by atoms with Crippen molar-refractivity contribution in [2.75, 3.05) is 0 Å². The largest absolute Gasteiger partial charge is 0.302 e. The van der Waals surface area contributed by atoms with Gasteiger partial charge in [0.25, 0.3) is 0 Å². The fraction of sp³-hybridized carbons (Fsp3) is 0.333. The molecule has 15 heavy (non-hydrogen) atoms. The molecule has 0 radical (unpaired) electrons. The van der Waals surface area contributed by atoms with E-state index in [0.717, 1.165) is 10.3 Å². The number of nitrogens with zero attached hydrogens (tertiary/aromatic N) is 2. The lowest BCUT2D eigenvalue weighted by Crippen LogP contribution is -2.18. The van der Waals surface area contributed by atoms with Crippen molar-refractivity contribution < 1.29 is 0 Å². The van der Waals surface area contributed by atoms with Crippen LogP contribution in [0.15, 0.2) is 22.2 Å². The van der Waals surface area contributed by atoms with Crippen LogP contribution in [-0.2, 0) is 6.54 Å². The molecule has 2 heterocycles. The number of hydrogen-bond donors (Lipinski definition) is 2. The highest BCUT2D eigenvalue weighted by Gasteiger charge is 2.10. The number of aromatic amines is 1. The molecule has 2 N–H and O–H groups in total. The van der Waals surface area contributed by atoms with Crippen molar-refractivity contribution in [2.45, 2.75) is 19.5 Å². The van der Waals surface area contributed by atoms with Crippen molar-refractivity contribution in [3.05, 3.63) is 32.9 Å². The van der Waals surface area contributed by atoms with Crippen molar-refractivity contribution in [2.24, 2.45) is 0 Å². The second kappa shape index (κ2) is 4.87. The first-order valence-electron chi connectivity index (χ1n) is 4.58. The van der Waals surface area contributed by atoms with E-state index in [0.29, 0.717) is 12.6 Å². The van der Waals surface area contributed by atoms with Gasteiger partial charge in [-0.2, -0.15) is 5.10 Å². The maximum absolute atomic E-state index is 4.05. The van der Waals surface area contributed by atoms with Crippen molar-refractivity contribution >= 4 is 27.3 Å². The molecule has 0 aliphatic rings. The Labute approximate surface area is 100 Å². The van der Waals surface area contributed by atoms with E-state index in [4.69, 9.17) is 0 Å². The summed E-state index contributed by atoms with van der Waals surface area (Å²) in [6.45, 7) is 2.83. The lowest BCUT2D eigenvalue weighted by Gasteiger charge is -2.11. The number of nitrogens with one attached hydrogen (secondary N) is 2. The second-order valence-electron chi connectivity index (χ2n) is 3.17. The molecular weight excluding hydrogens is 276 g/mol. The Balaban J connectivity index is 1.93. The van der Waals surface area contributed by atoms with Gasteiger partial charge < -0.3 is 5.32 Å². The van der Waals surface area contributed by atoms with Gasteiger partial charge in [0, 0.05) is 15.4 Å². The Hall–Kier alpha value is -0.720. The van der Waals surface area contributed by atoms with Crippen molar-refractivity contribution in [3.63, 3.8) is 0 Å². The number of hydrogen-bond acceptors (Lipinski definition) is 4. The fourth-order valence-electron chi connectivity index (χ4n) is 1.27. The van der Waals surface area contributed by atoms with E-state index < -0.39 is 0 Å². The van der Waals surface area contributed by atoms with Gasteiger partial charge in [-0.15, -0.1) is 11.3 Å². The average Bonchev–Trinajstić information content (AvgIpc) is 2.84. The van der Waals surface area contributed by atoms with Crippen LogP contribution >= 0.6 is 27.3 Å². The molecule has 0 saturated heterocycles. The predicted octanol–water partition coefficient (Wildman–Crippen LogP) is 2.48. The van der Waals surface area contributed by atoms with Gasteiger partial charge in [0.2, 0.25) is 0 Å². The third kappa shape index (κ3) is 2.64. The quantitative estimate of drug-likeness (QED) is 0.908. The van der Waals surface area contributed by atoms with Crippen LogP contribution in [0.2, 0.25) is 0 Å². The molecule has 0 saturated carbocycles. The molecule has 0 aliphatic heterocycles. The lowest BCUT2D eigenvalue weighted by atomic mass is 10.3. The van der Waals surface area contributed by atoms with E-state index in [1.54, 1.807) is 11.3 Å². The molecule has 4 nitrogen and oxygen atoms in total. The maximum Gasteiger partial charge on any atom is 0.138 e. The maximum atomic E-state index is 4.05. The molecular formula is C9H11BrN4S. The van der Waals surface area contributed by atoms with E-state index in [9.17, 15) is 0 Å². The van der Waals surface area contributed by atoms with E-state index in [1.807, 2.05) is 0 Å². The highest BCUT2D eigenvalue weighted by Crippen LogP contribution is 2.28. The molecule has 6 heteroatoms. The molecule has 0 bridgehead atoms. The third-order valence-electron chi connectivity index (χ3n) is 2.08. The standard InChI is InChI=1S/C9H11BrN4S/c1-6(9-7(10)2-3-15-9)11-4-8-12-5-13-14-8/h2-3,5-6,11H,4H2,1H3,(H,12,13,14). The second-order valence-corrected chi connectivity index (χ2v) is 4.97. The Bertz CT molecular complexity index is 411. The van der Waals surface area contributed by atoms with Gasteiger partial charge in [0.15, 0.2) is 0 Å².